The Bertz CT molecular complexity index is 263. The van der Waals surface area contributed by atoms with Crippen molar-refractivity contribution in [2.75, 3.05) is 56.4 Å². The van der Waals surface area contributed by atoms with Gasteiger partial charge in [-0.25, -0.2) is 0 Å². The molecule has 7 heteroatoms. The van der Waals surface area contributed by atoms with E-state index in [9.17, 15) is 0 Å². The molecule has 1 unspecified atom stereocenters. The van der Waals surface area contributed by atoms with E-state index in [1.165, 1.54) is 0 Å². The van der Waals surface area contributed by atoms with Crippen molar-refractivity contribution in [1.82, 2.24) is 5.06 Å². The van der Waals surface area contributed by atoms with Crippen LogP contribution < -0.4 is 0 Å². The van der Waals surface area contributed by atoms with Gasteiger partial charge in [-0.15, -0.1) is 9.71 Å². The molecule has 0 rings (SSSR count). The monoisotopic (exact) mass is 251 g/mol. The zero-order valence-corrected chi connectivity index (χ0v) is 12.3. The molecule has 0 aliphatic heterocycles. The van der Waals surface area contributed by atoms with Gasteiger partial charge in [-0.1, -0.05) is 4.94 Å². The zero-order valence-electron chi connectivity index (χ0n) is 12.3. The SMILES string of the molecule is C=C[N+](C)(O[N+](C)(C)C)O[N+](C)(C)ON(C)C. The van der Waals surface area contributed by atoms with Crippen LogP contribution in [0.5, 0.6) is 0 Å². The predicted octanol–water partition coefficient (Wildman–Crippen LogP) is 0.461. The van der Waals surface area contributed by atoms with E-state index in [1.54, 1.807) is 46.5 Å². The van der Waals surface area contributed by atoms with Crippen LogP contribution in [0.4, 0.5) is 0 Å². The van der Waals surface area contributed by atoms with E-state index >= 15 is 0 Å². The minimum Gasteiger partial charge on any atom is -0.137 e. The molecule has 0 aromatic rings. The van der Waals surface area contributed by atoms with Gasteiger partial charge in [-0.05, 0) is 6.58 Å². The first-order valence-corrected chi connectivity index (χ1v) is 5.34. The van der Waals surface area contributed by atoms with Crippen LogP contribution in [0.15, 0.2) is 12.8 Å². The van der Waals surface area contributed by atoms with E-state index < -0.39 is 0 Å². The number of rotatable bonds is 7. The molecular formula is C10H27N4O3+3. The molecule has 17 heavy (non-hydrogen) atoms. The molecule has 0 bridgehead atoms. The lowest BCUT2D eigenvalue weighted by atomic mass is 10.9. The molecular weight excluding hydrogens is 224 g/mol. The van der Waals surface area contributed by atoms with Gasteiger partial charge in [0.15, 0.2) is 6.20 Å². The van der Waals surface area contributed by atoms with E-state index in [1.807, 2.05) is 21.1 Å². The summed E-state index contributed by atoms with van der Waals surface area (Å²) in [5.74, 6) is 0. The molecule has 0 heterocycles. The zero-order chi connectivity index (χ0) is 13.9. The van der Waals surface area contributed by atoms with Crippen LogP contribution in [0, 0.1) is 0 Å². The molecule has 102 valence electrons. The van der Waals surface area contributed by atoms with Crippen molar-refractivity contribution in [1.29, 1.82) is 0 Å². The standard InChI is InChI=1S/C10H27N4O3/c1-10-14(9,16-12(4,5)6)17-13(7,8)15-11(2)3/h10H,1H2,2-9H3/q+3. The second-order valence-corrected chi connectivity index (χ2v) is 5.29. The Morgan fingerprint density at radius 3 is 1.71 bits per heavy atom. The topological polar surface area (TPSA) is 30.9 Å². The van der Waals surface area contributed by atoms with Gasteiger partial charge < -0.3 is 0 Å². The summed E-state index contributed by atoms with van der Waals surface area (Å²) in [4.78, 5) is 16.5. The molecule has 1 atom stereocenters. The minimum absolute atomic E-state index is 0.157. The van der Waals surface area contributed by atoms with Crippen LogP contribution in [-0.4, -0.2) is 75.7 Å². The second-order valence-electron chi connectivity index (χ2n) is 5.29. The molecule has 0 N–H and O–H groups in total. The quantitative estimate of drug-likeness (QED) is 0.486. The van der Waals surface area contributed by atoms with Crippen molar-refractivity contribution in [2.24, 2.45) is 0 Å². The highest BCUT2D eigenvalue weighted by Crippen LogP contribution is 2.17. The summed E-state index contributed by atoms with van der Waals surface area (Å²) in [7, 11) is 14.4. The molecule has 0 aliphatic rings. The van der Waals surface area contributed by atoms with Crippen molar-refractivity contribution < 1.29 is 29.1 Å². The predicted molar refractivity (Wildman–Crippen MR) is 63.5 cm³/mol. The molecule has 0 aromatic carbocycles. The van der Waals surface area contributed by atoms with Gasteiger partial charge in [0.1, 0.15) is 42.3 Å². The lowest BCUT2D eigenvalue weighted by Crippen LogP contribution is -2.58. The number of nitrogens with zero attached hydrogens (tertiary/aromatic N) is 4. The van der Waals surface area contributed by atoms with Crippen molar-refractivity contribution in [3.8, 4) is 0 Å². The molecule has 0 spiro atoms. The maximum Gasteiger partial charge on any atom is 0.168 e. The first-order valence-electron chi connectivity index (χ1n) is 5.34. The summed E-state index contributed by atoms with van der Waals surface area (Å²) in [6.45, 7) is 3.71. The van der Waals surface area contributed by atoms with Gasteiger partial charge in [0.05, 0.1) is 9.75 Å². The van der Waals surface area contributed by atoms with Gasteiger partial charge in [-0.3, -0.25) is 0 Å². The van der Waals surface area contributed by atoms with Crippen molar-refractivity contribution in [3.05, 3.63) is 12.8 Å². The molecule has 0 saturated heterocycles. The van der Waals surface area contributed by atoms with Crippen LogP contribution >= 0.6 is 0 Å². The third-order valence-corrected chi connectivity index (χ3v) is 1.46. The number of hydrogen-bond acceptors (Lipinski definition) is 4. The number of quaternary nitrogens is 3. The van der Waals surface area contributed by atoms with Gasteiger partial charge in [0.2, 0.25) is 0 Å². The maximum absolute atomic E-state index is 5.72. The molecule has 0 saturated carbocycles. The first-order chi connectivity index (χ1) is 7.39. The van der Waals surface area contributed by atoms with Crippen LogP contribution in [0.1, 0.15) is 0 Å². The van der Waals surface area contributed by atoms with E-state index in [0.717, 1.165) is 0 Å². The van der Waals surface area contributed by atoms with Crippen molar-refractivity contribution in [2.45, 2.75) is 0 Å². The van der Waals surface area contributed by atoms with Gasteiger partial charge in [0.25, 0.3) is 0 Å². The van der Waals surface area contributed by atoms with Crippen molar-refractivity contribution in [3.63, 3.8) is 0 Å². The summed E-state index contributed by atoms with van der Waals surface area (Å²) in [5, 5.41) is 1.55. The highest BCUT2D eigenvalue weighted by molar-refractivity contribution is 4.42. The Kier molecular flexibility index (Phi) is 5.23. The summed E-state index contributed by atoms with van der Waals surface area (Å²) in [6, 6.07) is 0. The number of hydrogen-bond donors (Lipinski definition) is 0. The summed E-state index contributed by atoms with van der Waals surface area (Å²) in [6.07, 6.45) is 1.54. The third-order valence-electron chi connectivity index (χ3n) is 1.46. The molecule has 0 aromatic heterocycles. The summed E-state index contributed by atoms with van der Waals surface area (Å²) < 4.78 is 0.268. The average molecular weight is 251 g/mol. The Hall–Kier alpha value is -0.540. The van der Waals surface area contributed by atoms with Gasteiger partial charge >= 0.3 is 0 Å². The van der Waals surface area contributed by atoms with E-state index in [4.69, 9.17) is 14.8 Å². The minimum atomic E-state index is -0.246. The maximum atomic E-state index is 5.72. The lowest BCUT2D eigenvalue weighted by molar-refractivity contribution is -1.50. The fourth-order valence-electron chi connectivity index (χ4n) is 1.37. The smallest absolute Gasteiger partial charge is 0.137 e. The molecule has 7 nitrogen and oxygen atoms in total. The average Bonchev–Trinajstić information content (AvgIpc) is 1.95. The first kappa shape index (κ1) is 16.5. The highest BCUT2D eigenvalue weighted by Gasteiger charge is 2.42. The van der Waals surface area contributed by atoms with Crippen LogP contribution in [0.3, 0.4) is 0 Å². The Morgan fingerprint density at radius 2 is 1.41 bits per heavy atom. The lowest BCUT2D eigenvalue weighted by Gasteiger charge is -2.32. The Labute approximate surface area is 104 Å². The largest absolute Gasteiger partial charge is 0.168 e. The van der Waals surface area contributed by atoms with Gasteiger partial charge in [0, 0.05) is 23.8 Å². The normalized spacial score (nSPS) is 17.0. The highest BCUT2D eigenvalue weighted by atomic mass is 17.2. The Balaban J connectivity index is 4.73. The third kappa shape index (κ3) is 7.40. The van der Waals surface area contributed by atoms with Crippen LogP contribution in [0.2, 0.25) is 0 Å². The fourth-order valence-corrected chi connectivity index (χ4v) is 1.37. The Morgan fingerprint density at radius 1 is 0.941 bits per heavy atom. The van der Waals surface area contributed by atoms with Crippen molar-refractivity contribution >= 4 is 0 Å². The molecule has 0 amide bonds. The molecule has 0 fully saturated rings. The summed E-state index contributed by atoms with van der Waals surface area (Å²) in [5.41, 5.74) is 0. The molecule has 0 aliphatic carbocycles. The van der Waals surface area contributed by atoms with E-state index in [0.29, 0.717) is 0 Å². The van der Waals surface area contributed by atoms with Crippen LogP contribution in [0.25, 0.3) is 0 Å². The van der Waals surface area contributed by atoms with E-state index in [-0.39, 0.29) is 14.3 Å². The number of hydroxylamine groups is 13. The second kappa shape index (κ2) is 5.40. The van der Waals surface area contributed by atoms with E-state index in [2.05, 4.69) is 6.58 Å². The summed E-state index contributed by atoms with van der Waals surface area (Å²) >= 11 is 0. The fraction of sp³-hybridized carbons (Fsp3) is 0.800. The molecule has 0 radical (unpaired) electrons. The van der Waals surface area contributed by atoms with Crippen LogP contribution in [-0.2, 0) is 14.8 Å². The van der Waals surface area contributed by atoms with Gasteiger partial charge in [-0.2, -0.15) is 0 Å².